The molecule has 17 heavy (non-hydrogen) atoms. The third-order valence-electron chi connectivity index (χ3n) is 3.35. The molecule has 1 aliphatic rings. The van der Waals surface area contributed by atoms with E-state index in [4.69, 9.17) is 0 Å². The molecule has 1 atom stereocenters. The number of aryl methyl sites for hydroxylation is 1. The molecule has 0 radical (unpaired) electrons. The van der Waals surface area contributed by atoms with E-state index in [0.29, 0.717) is 11.7 Å². The standard InChI is InChI=1S/C12H20N4O/c1-3-9-7-11(15-14-9)12(17)16-6-4-5-10(8-16)13-2/h7,10,13H,3-6,8H2,1-2H3,(H,14,15). The van der Waals surface area contributed by atoms with Crippen molar-refractivity contribution in [1.82, 2.24) is 20.4 Å². The zero-order valence-electron chi connectivity index (χ0n) is 10.5. The molecule has 1 saturated heterocycles. The maximum absolute atomic E-state index is 12.2. The molecular formula is C12H20N4O. The number of likely N-dealkylation sites (tertiary alicyclic amines) is 1. The zero-order chi connectivity index (χ0) is 12.3. The van der Waals surface area contributed by atoms with Gasteiger partial charge in [0, 0.05) is 24.8 Å². The second kappa shape index (κ2) is 5.31. The highest BCUT2D eigenvalue weighted by atomic mass is 16.2. The number of carbonyl (C=O) groups is 1. The number of H-pyrrole nitrogens is 1. The van der Waals surface area contributed by atoms with Gasteiger partial charge in [-0.05, 0) is 32.4 Å². The summed E-state index contributed by atoms with van der Waals surface area (Å²) in [7, 11) is 1.95. The van der Waals surface area contributed by atoms with Crippen molar-refractivity contribution in [1.29, 1.82) is 0 Å². The first kappa shape index (κ1) is 12.1. The molecule has 2 heterocycles. The molecule has 0 aliphatic carbocycles. The summed E-state index contributed by atoms with van der Waals surface area (Å²) in [6, 6.07) is 2.27. The van der Waals surface area contributed by atoms with E-state index >= 15 is 0 Å². The number of aromatic amines is 1. The van der Waals surface area contributed by atoms with Crippen molar-refractivity contribution < 1.29 is 4.79 Å². The molecule has 1 aromatic heterocycles. The van der Waals surface area contributed by atoms with E-state index in [9.17, 15) is 4.79 Å². The number of rotatable bonds is 3. The lowest BCUT2D eigenvalue weighted by atomic mass is 10.1. The molecule has 1 aromatic rings. The first-order valence-corrected chi connectivity index (χ1v) is 6.25. The van der Waals surface area contributed by atoms with E-state index in [-0.39, 0.29) is 5.91 Å². The summed E-state index contributed by atoms with van der Waals surface area (Å²) in [5.74, 6) is 0.0425. The molecule has 1 fully saturated rings. The first-order chi connectivity index (χ1) is 8.24. The van der Waals surface area contributed by atoms with Crippen molar-refractivity contribution in [3.8, 4) is 0 Å². The number of piperidine rings is 1. The average Bonchev–Trinajstić information content (AvgIpc) is 2.86. The van der Waals surface area contributed by atoms with Gasteiger partial charge in [-0.1, -0.05) is 6.92 Å². The third-order valence-corrected chi connectivity index (χ3v) is 3.35. The fourth-order valence-corrected chi connectivity index (χ4v) is 2.21. The van der Waals surface area contributed by atoms with E-state index in [0.717, 1.165) is 38.0 Å². The Morgan fingerprint density at radius 1 is 1.71 bits per heavy atom. The van der Waals surface area contributed by atoms with E-state index in [1.165, 1.54) is 0 Å². The molecule has 1 unspecified atom stereocenters. The van der Waals surface area contributed by atoms with Crippen molar-refractivity contribution in [2.24, 2.45) is 0 Å². The molecule has 5 nitrogen and oxygen atoms in total. The normalized spacial score (nSPS) is 20.6. The van der Waals surface area contributed by atoms with Gasteiger partial charge in [0.1, 0.15) is 5.69 Å². The highest BCUT2D eigenvalue weighted by Crippen LogP contribution is 2.13. The van der Waals surface area contributed by atoms with Gasteiger partial charge in [0.2, 0.25) is 0 Å². The average molecular weight is 236 g/mol. The molecule has 1 amide bonds. The van der Waals surface area contributed by atoms with E-state index in [2.05, 4.69) is 15.5 Å². The van der Waals surface area contributed by atoms with Gasteiger partial charge in [-0.3, -0.25) is 9.89 Å². The fraction of sp³-hybridized carbons (Fsp3) is 0.667. The minimum atomic E-state index is 0.0425. The number of carbonyl (C=O) groups excluding carboxylic acids is 1. The van der Waals surface area contributed by atoms with Gasteiger partial charge in [-0.2, -0.15) is 5.10 Å². The molecule has 5 heteroatoms. The molecule has 2 N–H and O–H groups in total. The van der Waals surface area contributed by atoms with Crippen LogP contribution in [0.25, 0.3) is 0 Å². The Morgan fingerprint density at radius 3 is 3.18 bits per heavy atom. The quantitative estimate of drug-likeness (QED) is 0.816. The van der Waals surface area contributed by atoms with Crippen LogP contribution in [0.3, 0.4) is 0 Å². The Kier molecular flexibility index (Phi) is 3.78. The van der Waals surface area contributed by atoms with Gasteiger partial charge in [0.25, 0.3) is 5.91 Å². The summed E-state index contributed by atoms with van der Waals surface area (Å²) in [6.45, 7) is 3.66. The minimum Gasteiger partial charge on any atom is -0.336 e. The topological polar surface area (TPSA) is 61.0 Å². The summed E-state index contributed by atoms with van der Waals surface area (Å²) in [4.78, 5) is 14.1. The van der Waals surface area contributed by atoms with Gasteiger partial charge in [-0.15, -0.1) is 0 Å². The number of hydrogen-bond donors (Lipinski definition) is 2. The van der Waals surface area contributed by atoms with Crippen molar-refractivity contribution >= 4 is 5.91 Å². The van der Waals surface area contributed by atoms with Crippen molar-refractivity contribution in [2.75, 3.05) is 20.1 Å². The lowest BCUT2D eigenvalue weighted by Crippen LogP contribution is -2.47. The van der Waals surface area contributed by atoms with Crippen molar-refractivity contribution in [3.05, 3.63) is 17.5 Å². The monoisotopic (exact) mass is 236 g/mol. The molecular weight excluding hydrogens is 216 g/mol. The summed E-state index contributed by atoms with van der Waals surface area (Å²) in [5.41, 5.74) is 1.55. The molecule has 0 bridgehead atoms. The minimum absolute atomic E-state index is 0.0425. The van der Waals surface area contributed by atoms with E-state index in [1.807, 2.05) is 24.9 Å². The zero-order valence-corrected chi connectivity index (χ0v) is 10.5. The molecule has 2 rings (SSSR count). The lowest BCUT2D eigenvalue weighted by molar-refractivity contribution is 0.0692. The molecule has 94 valence electrons. The summed E-state index contributed by atoms with van der Waals surface area (Å²) < 4.78 is 0. The van der Waals surface area contributed by atoms with Crippen LogP contribution in [0.1, 0.15) is 35.9 Å². The highest BCUT2D eigenvalue weighted by molar-refractivity contribution is 5.92. The van der Waals surface area contributed by atoms with Crippen LogP contribution in [0, 0.1) is 0 Å². The molecule has 0 saturated carbocycles. The van der Waals surface area contributed by atoms with Gasteiger partial charge >= 0.3 is 0 Å². The fourth-order valence-electron chi connectivity index (χ4n) is 2.21. The van der Waals surface area contributed by atoms with Gasteiger partial charge in [-0.25, -0.2) is 0 Å². The third kappa shape index (κ3) is 2.66. The number of nitrogens with one attached hydrogen (secondary N) is 2. The van der Waals surface area contributed by atoms with Gasteiger partial charge < -0.3 is 10.2 Å². The van der Waals surface area contributed by atoms with E-state index in [1.54, 1.807) is 0 Å². The van der Waals surface area contributed by atoms with Crippen LogP contribution in [0.4, 0.5) is 0 Å². The largest absolute Gasteiger partial charge is 0.336 e. The van der Waals surface area contributed by atoms with Crippen LogP contribution >= 0.6 is 0 Å². The highest BCUT2D eigenvalue weighted by Gasteiger charge is 2.24. The summed E-state index contributed by atoms with van der Waals surface area (Å²) >= 11 is 0. The SMILES string of the molecule is CCc1cc(C(=O)N2CCCC(NC)C2)n[nH]1. The van der Waals surface area contributed by atoms with Crippen LogP contribution < -0.4 is 5.32 Å². The predicted molar refractivity (Wildman–Crippen MR) is 66.0 cm³/mol. The Balaban J connectivity index is 2.03. The second-order valence-electron chi connectivity index (χ2n) is 4.51. The van der Waals surface area contributed by atoms with Crippen LogP contribution in [-0.4, -0.2) is 47.2 Å². The lowest BCUT2D eigenvalue weighted by Gasteiger charge is -2.32. The summed E-state index contributed by atoms with van der Waals surface area (Å²) in [5, 5.41) is 10.2. The molecule has 0 spiro atoms. The van der Waals surface area contributed by atoms with Crippen molar-refractivity contribution in [2.45, 2.75) is 32.2 Å². The number of hydrogen-bond acceptors (Lipinski definition) is 3. The Bertz CT molecular complexity index is 388. The number of likely N-dealkylation sites (N-methyl/N-ethyl adjacent to an activating group) is 1. The summed E-state index contributed by atoms with van der Waals surface area (Å²) in [6.07, 6.45) is 3.07. The smallest absolute Gasteiger partial charge is 0.274 e. The van der Waals surface area contributed by atoms with Crippen LogP contribution in [-0.2, 0) is 6.42 Å². The van der Waals surface area contributed by atoms with Crippen LogP contribution in [0.2, 0.25) is 0 Å². The molecule has 0 aromatic carbocycles. The number of nitrogens with zero attached hydrogens (tertiary/aromatic N) is 2. The maximum atomic E-state index is 12.2. The van der Waals surface area contributed by atoms with Crippen LogP contribution in [0.15, 0.2) is 6.07 Å². The number of amides is 1. The first-order valence-electron chi connectivity index (χ1n) is 6.25. The van der Waals surface area contributed by atoms with Crippen LogP contribution in [0.5, 0.6) is 0 Å². The van der Waals surface area contributed by atoms with Crippen molar-refractivity contribution in [3.63, 3.8) is 0 Å². The van der Waals surface area contributed by atoms with Gasteiger partial charge in [0.05, 0.1) is 0 Å². The Morgan fingerprint density at radius 2 is 2.53 bits per heavy atom. The Hall–Kier alpha value is -1.36. The maximum Gasteiger partial charge on any atom is 0.274 e. The second-order valence-corrected chi connectivity index (χ2v) is 4.51. The van der Waals surface area contributed by atoms with Gasteiger partial charge in [0.15, 0.2) is 0 Å². The van der Waals surface area contributed by atoms with E-state index < -0.39 is 0 Å². The Labute approximate surface area is 102 Å². The number of aromatic nitrogens is 2. The molecule has 1 aliphatic heterocycles. The predicted octanol–water partition coefficient (Wildman–Crippen LogP) is 0.796.